The molecule has 0 amide bonds. The van der Waals surface area contributed by atoms with Crippen molar-refractivity contribution in [1.82, 2.24) is 9.38 Å². The van der Waals surface area contributed by atoms with Crippen LogP contribution in [-0.4, -0.2) is 15.7 Å². The summed E-state index contributed by atoms with van der Waals surface area (Å²) in [5, 5.41) is 0. The van der Waals surface area contributed by atoms with Crippen molar-refractivity contribution < 1.29 is 13.9 Å². The minimum atomic E-state index is -0.503. The molecule has 1 aromatic carbocycles. The normalized spacial score (nSPS) is 10.6. The molecule has 5 heteroatoms. The van der Waals surface area contributed by atoms with Crippen LogP contribution in [0.3, 0.4) is 0 Å². The average molecular weight is 256 g/mol. The second-order valence-electron chi connectivity index (χ2n) is 3.88. The Labute approximate surface area is 108 Å². The standard InChI is InChI=1S/C14H9FN2O2/c15-10-5-1-2-6-12(10)19-14-11(9-18)17-8-4-3-7-13(17)16-14/h1-9H. The van der Waals surface area contributed by atoms with Gasteiger partial charge in [-0.2, -0.15) is 4.98 Å². The zero-order chi connectivity index (χ0) is 13.2. The van der Waals surface area contributed by atoms with Crippen LogP contribution in [0.4, 0.5) is 4.39 Å². The number of rotatable bonds is 3. The van der Waals surface area contributed by atoms with Gasteiger partial charge >= 0.3 is 0 Å². The molecular formula is C14H9FN2O2. The summed E-state index contributed by atoms with van der Waals surface area (Å²) >= 11 is 0. The molecule has 0 bridgehead atoms. The number of carbonyl (C=O) groups excluding carboxylic acids is 1. The van der Waals surface area contributed by atoms with E-state index >= 15 is 0 Å². The van der Waals surface area contributed by atoms with Crippen molar-refractivity contribution in [1.29, 1.82) is 0 Å². The maximum Gasteiger partial charge on any atom is 0.249 e. The maximum atomic E-state index is 13.5. The smallest absolute Gasteiger partial charge is 0.249 e. The van der Waals surface area contributed by atoms with Crippen LogP contribution in [0.2, 0.25) is 0 Å². The highest BCUT2D eigenvalue weighted by Gasteiger charge is 2.14. The molecule has 0 saturated carbocycles. The number of nitrogens with zero attached hydrogens (tertiary/aromatic N) is 2. The van der Waals surface area contributed by atoms with Crippen molar-refractivity contribution in [3.8, 4) is 11.6 Å². The number of benzene rings is 1. The van der Waals surface area contributed by atoms with Gasteiger partial charge in [-0.25, -0.2) is 4.39 Å². The second kappa shape index (κ2) is 4.53. The fourth-order valence-corrected chi connectivity index (χ4v) is 1.81. The van der Waals surface area contributed by atoms with Gasteiger partial charge in [0.2, 0.25) is 5.88 Å². The Morgan fingerprint density at radius 1 is 1.16 bits per heavy atom. The molecule has 0 N–H and O–H groups in total. The summed E-state index contributed by atoms with van der Waals surface area (Å²) in [6.45, 7) is 0. The molecule has 0 aliphatic heterocycles. The molecule has 4 nitrogen and oxygen atoms in total. The van der Waals surface area contributed by atoms with Crippen LogP contribution in [-0.2, 0) is 0 Å². The number of halogens is 1. The zero-order valence-electron chi connectivity index (χ0n) is 9.79. The molecule has 0 unspecified atom stereocenters. The predicted molar refractivity (Wildman–Crippen MR) is 67.1 cm³/mol. The molecule has 3 aromatic rings. The highest BCUT2D eigenvalue weighted by Crippen LogP contribution is 2.26. The topological polar surface area (TPSA) is 43.6 Å². The van der Waals surface area contributed by atoms with Crippen LogP contribution in [0.25, 0.3) is 5.65 Å². The van der Waals surface area contributed by atoms with Crippen molar-refractivity contribution >= 4 is 11.9 Å². The number of aldehydes is 1. The number of hydrogen-bond acceptors (Lipinski definition) is 3. The minimum Gasteiger partial charge on any atom is -0.434 e. The summed E-state index contributed by atoms with van der Waals surface area (Å²) in [5.74, 6) is -0.378. The Bertz CT molecular complexity index is 752. The SMILES string of the molecule is O=Cc1c(Oc2ccccc2F)nc2ccccn12. The lowest BCUT2D eigenvalue weighted by molar-refractivity contribution is 0.111. The molecule has 94 valence electrons. The number of carbonyl (C=O) groups is 1. The molecule has 0 spiro atoms. The molecule has 2 aromatic heterocycles. The first-order chi connectivity index (χ1) is 9.29. The van der Waals surface area contributed by atoms with Gasteiger partial charge in [-0.1, -0.05) is 18.2 Å². The van der Waals surface area contributed by atoms with Crippen molar-refractivity contribution in [2.45, 2.75) is 0 Å². The van der Waals surface area contributed by atoms with Gasteiger partial charge in [0.05, 0.1) is 0 Å². The second-order valence-corrected chi connectivity index (χ2v) is 3.88. The van der Waals surface area contributed by atoms with Crippen molar-refractivity contribution in [3.05, 3.63) is 60.2 Å². The van der Waals surface area contributed by atoms with E-state index in [2.05, 4.69) is 4.98 Å². The number of pyridine rings is 1. The highest BCUT2D eigenvalue weighted by atomic mass is 19.1. The van der Waals surface area contributed by atoms with Crippen molar-refractivity contribution in [2.75, 3.05) is 0 Å². The van der Waals surface area contributed by atoms with Crippen LogP contribution in [0.1, 0.15) is 10.5 Å². The highest BCUT2D eigenvalue weighted by molar-refractivity contribution is 5.78. The first kappa shape index (κ1) is 11.4. The van der Waals surface area contributed by atoms with E-state index < -0.39 is 5.82 Å². The summed E-state index contributed by atoms with van der Waals surface area (Å²) in [6.07, 6.45) is 2.33. The van der Waals surface area contributed by atoms with Crippen molar-refractivity contribution in [3.63, 3.8) is 0 Å². The summed E-state index contributed by atoms with van der Waals surface area (Å²) in [5.41, 5.74) is 0.815. The lowest BCUT2D eigenvalue weighted by Gasteiger charge is -2.03. The Morgan fingerprint density at radius 2 is 1.95 bits per heavy atom. The Hall–Kier alpha value is -2.69. The third kappa shape index (κ3) is 1.95. The largest absolute Gasteiger partial charge is 0.434 e. The maximum absolute atomic E-state index is 13.5. The van der Waals surface area contributed by atoms with Gasteiger partial charge in [0.25, 0.3) is 0 Å². The Morgan fingerprint density at radius 3 is 2.74 bits per heavy atom. The molecule has 0 radical (unpaired) electrons. The molecule has 0 aliphatic carbocycles. The molecule has 0 fully saturated rings. The van der Waals surface area contributed by atoms with E-state index in [1.165, 1.54) is 12.1 Å². The van der Waals surface area contributed by atoms with Crippen LogP contribution in [0.5, 0.6) is 11.6 Å². The predicted octanol–water partition coefficient (Wildman–Crippen LogP) is 3.08. The Kier molecular flexibility index (Phi) is 2.72. The number of hydrogen-bond donors (Lipinski definition) is 0. The van der Waals surface area contributed by atoms with Crippen LogP contribution in [0, 0.1) is 5.82 Å². The van der Waals surface area contributed by atoms with Gasteiger partial charge < -0.3 is 4.74 Å². The van der Waals surface area contributed by atoms with Gasteiger partial charge in [0, 0.05) is 6.20 Å². The van der Waals surface area contributed by atoms with Crippen LogP contribution in [0.15, 0.2) is 48.7 Å². The first-order valence-electron chi connectivity index (χ1n) is 5.64. The molecule has 0 aliphatic rings. The van der Waals surface area contributed by atoms with Gasteiger partial charge in [-0.3, -0.25) is 9.20 Å². The number of fused-ring (bicyclic) bond motifs is 1. The lowest BCUT2D eigenvalue weighted by atomic mass is 10.3. The zero-order valence-corrected chi connectivity index (χ0v) is 9.79. The Balaban J connectivity index is 2.10. The summed E-state index contributed by atoms with van der Waals surface area (Å²) in [7, 11) is 0. The fraction of sp³-hybridized carbons (Fsp3) is 0. The molecule has 19 heavy (non-hydrogen) atoms. The van der Waals surface area contributed by atoms with Crippen LogP contribution < -0.4 is 4.74 Å². The summed E-state index contributed by atoms with van der Waals surface area (Å²) in [4.78, 5) is 15.3. The van der Waals surface area contributed by atoms with Crippen LogP contribution >= 0.6 is 0 Å². The van der Waals surface area contributed by atoms with E-state index in [0.717, 1.165) is 0 Å². The third-order valence-corrected chi connectivity index (χ3v) is 2.69. The van der Waals surface area contributed by atoms with E-state index in [1.54, 1.807) is 40.9 Å². The van der Waals surface area contributed by atoms with E-state index in [0.29, 0.717) is 11.9 Å². The summed E-state index contributed by atoms with van der Waals surface area (Å²) < 4.78 is 20.5. The number of ether oxygens (including phenoxy) is 1. The average Bonchev–Trinajstić information content (AvgIpc) is 2.78. The molecule has 0 saturated heterocycles. The van der Waals surface area contributed by atoms with E-state index in [4.69, 9.17) is 4.74 Å². The van der Waals surface area contributed by atoms with Gasteiger partial charge in [-0.15, -0.1) is 0 Å². The van der Waals surface area contributed by atoms with Gasteiger partial charge in [0.15, 0.2) is 23.5 Å². The molecule has 2 heterocycles. The minimum absolute atomic E-state index is 0.0361. The monoisotopic (exact) mass is 256 g/mol. The molecular weight excluding hydrogens is 247 g/mol. The third-order valence-electron chi connectivity index (χ3n) is 2.69. The van der Waals surface area contributed by atoms with E-state index in [9.17, 15) is 9.18 Å². The van der Waals surface area contributed by atoms with Crippen molar-refractivity contribution in [2.24, 2.45) is 0 Å². The van der Waals surface area contributed by atoms with E-state index in [-0.39, 0.29) is 17.3 Å². The lowest BCUT2D eigenvalue weighted by Crippen LogP contribution is -1.94. The quantitative estimate of drug-likeness (QED) is 0.676. The fourth-order valence-electron chi connectivity index (χ4n) is 1.81. The van der Waals surface area contributed by atoms with Gasteiger partial charge in [-0.05, 0) is 24.3 Å². The number of para-hydroxylation sites is 1. The molecule has 3 rings (SSSR count). The first-order valence-corrected chi connectivity index (χ1v) is 5.64. The summed E-state index contributed by atoms with van der Waals surface area (Å²) in [6, 6.07) is 11.3. The number of aromatic nitrogens is 2. The molecule has 0 atom stereocenters. The van der Waals surface area contributed by atoms with E-state index in [1.807, 2.05) is 0 Å². The van der Waals surface area contributed by atoms with Gasteiger partial charge in [0.1, 0.15) is 5.65 Å². The number of imidazole rings is 1.